The minimum absolute atomic E-state index is 0.0509. The number of benzene rings is 1. The van der Waals surface area contributed by atoms with E-state index in [4.69, 9.17) is 0 Å². The second kappa shape index (κ2) is 5.32. The molecule has 0 saturated carbocycles. The number of nitro benzene ring substituents is 1. The number of rotatable bonds is 5. The molecular formula is C10H10F2N2O2. The van der Waals surface area contributed by atoms with E-state index in [0.717, 1.165) is 6.07 Å². The van der Waals surface area contributed by atoms with Crippen molar-refractivity contribution in [2.24, 2.45) is 0 Å². The third-order valence-electron chi connectivity index (χ3n) is 1.92. The molecule has 0 unspecified atom stereocenters. The lowest BCUT2D eigenvalue weighted by molar-refractivity contribution is -0.387. The van der Waals surface area contributed by atoms with Gasteiger partial charge in [-0.25, -0.2) is 4.39 Å². The number of nitrogens with one attached hydrogen (secondary N) is 1. The SMILES string of the molecule is C=CCNCc1cc([N+](=O)[O-])c(F)cc1F. The zero-order chi connectivity index (χ0) is 12.1. The first-order chi connectivity index (χ1) is 7.56. The number of hydrogen-bond acceptors (Lipinski definition) is 3. The average molecular weight is 228 g/mol. The van der Waals surface area contributed by atoms with Gasteiger partial charge in [0.2, 0.25) is 5.82 Å². The lowest BCUT2D eigenvalue weighted by atomic mass is 10.2. The van der Waals surface area contributed by atoms with Gasteiger partial charge in [-0.2, -0.15) is 4.39 Å². The molecule has 0 radical (unpaired) electrons. The summed E-state index contributed by atoms with van der Waals surface area (Å²) in [7, 11) is 0. The van der Waals surface area contributed by atoms with Gasteiger partial charge in [0.05, 0.1) is 4.92 Å². The van der Waals surface area contributed by atoms with Gasteiger partial charge >= 0.3 is 5.69 Å². The van der Waals surface area contributed by atoms with Crippen molar-refractivity contribution in [2.45, 2.75) is 6.54 Å². The van der Waals surface area contributed by atoms with Gasteiger partial charge in [-0.1, -0.05) is 6.08 Å². The molecule has 1 aromatic carbocycles. The van der Waals surface area contributed by atoms with Crippen molar-refractivity contribution in [1.82, 2.24) is 5.32 Å². The summed E-state index contributed by atoms with van der Waals surface area (Å²) in [6, 6.07) is 1.41. The van der Waals surface area contributed by atoms with E-state index in [9.17, 15) is 18.9 Å². The summed E-state index contributed by atoms with van der Waals surface area (Å²) < 4.78 is 26.1. The lowest BCUT2D eigenvalue weighted by Crippen LogP contribution is -2.14. The predicted octanol–water partition coefficient (Wildman–Crippen LogP) is 2.15. The van der Waals surface area contributed by atoms with Gasteiger partial charge in [0.25, 0.3) is 0 Å². The highest BCUT2D eigenvalue weighted by atomic mass is 19.1. The van der Waals surface area contributed by atoms with Crippen LogP contribution in [0.3, 0.4) is 0 Å². The fourth-order valence-electron chi connectivity index (χ4n) is 1.17. The molecule has 0 amide bonds. The van der Waals surface area contributed by atoms with Crippen LogP contribution in [0.15, 0.2) is 24.8 Å². The molecular weight excluding hydrogens is 218 g/mol. The Balaban J connectivity index is 2.95. The molecule has 0 bridgehead atoms. The minimum atomic E-state index is -1.17. The number of nitro groups is 1. The highest BCUT2D eigenvalue weighted by Crippen LogP contribution is 2.21. The molecule has 0 aromatic heterocycles. The maximum Gasteiger partial charge on any atom is 0.305 e. The minimum Gasteiger partial charge on any atom is -0.309 e. The first-order valence-electron chi connectivity index (χ1n) is 4.50. The molecule has 86 valence electrons. The van der Waals surface area contributed by atoms with Crippen molar-refractivity contribution in [3.8, 4) is 0 Å². The van der Waals surface area contributed by atoms with E-state index in [2.05, 4.69) is 11.9 Å². The summed E-state index contributed by atoms with van der Waals surface area (Å²) in [4.78, 5) is 9.54. The second-order valence-corrected chi connectivity index (χ2v) is 3.07. The van der Waals surface area contributed by atoms with Gasteiger partial charge in [0, 0.05) is 30.8 Å². The molecule has 16 heavy (non-hydrogen) atoms. The largest absolute Gasteiger partial charge is 0.309 e. The first-order valence-corrected chi connectivity index (χ1v) is 4.50. The van der Waals surface area contributed by atoms with E-state index in [1.54, 1.807) is 6.08 Å². The van der Waals surface area contributed by atoms with Gasteiger partial charge in [-0.3, -0.25) is 10.1 Å². The Hall–Kier alpha value is -1.82. The van der Waals surface area contributed by atoms with Crippen LogP contribution < -0.4 is 5.32 Å². The Bertz CT molecular complexity index is 422. The third-order valence-corrected chi connectivity index (χ3v) is 1.92. The quantitative estimate of drug-likeness (QED) is 0.363. The first kappa shape index (κ1) is 12.3. The predicted molar refractivity (Wildman–Crippen MR) is 54.9 cm³/mol. The van der Waals surface area contributed by atoms with E-state index in [0.29, 0.717) is 12.6 Å². The summed E-state index contributed by atoms with van der Waals surface area (Å²) in [6.07, 6.45) is 1.57. The molecule has 0 spiro atoms. The van der Waals surface area contributed by atoms with E-state index >= 15 is 0 Å². The van der Waals surface area contributed by atoms with Crippen molar-refractivity contribution in [1.29, 1.82) is 0 Å². The van der Waals surface area contributed by atoms with Crippen molar-refractivity contribution >= 4 is 5.69 Å². The maximum atomic E-state index is 13.2. The highest BCUT2D eigenvalue weighted by Gasteiger charge is 2.17. The lowest BCUT2D eigenvalue weighted by Gasteiger charge is -2.04. The van der Waals surface area contributed by atoms with Crippen LogP contribution in [0.25, 0.3) is 0 Å². The topological polar surface area (TPSA) is 55.2 Å². The molecule has 0 aliphatic carbocycles. The molecule has 0 atom stereocenters. The van der Waals surface area contributed by atoms with Crippen LogP contribution in [-0.4, -0.2) is 11.5 Å². The molecule has 4 nitrogen and oxygen atoms in total. The third kappa shape index (κ3) is 2.83. The summed E-state index contributed by atoms with van der Waals surface area (Å²) >= 11 is 0. The molecule has 1 rings (SSSR count). The smallest absolute Gasteiger partial charge is 0.305 e. The Labute approximate surface area is 90.7 Å². The van der Waals surface area contributed by atoms with E-state index in [1.165, 1.54) is 0 Å². The molecule has 0 aliphatic rings. The Morgan fingerprint density at radius 1 is 1.44 bits per heavy atom. The molecule has 0 heterocycles. The molecule has 0 fully saturated rings. The zero-order valence-electron chi connectivity index (χ0n) is 8.37. The molecule has 1 N–H and O–H groups in total. The Morgan fingerprint density at radius 3 is 2.69 bits per heavy atom. The normalized spacial score (nSPS) is 10.1. The summed E-state index contributed by atoms with van der Waals surface area (Å²) in [6.45, 7) is 3.97. The monoisotopic (exact) mass is 228 g/mol. The summed E-state index contributed by atoms with van der Waals surface area (Å²) in [5.74, 6) is -1.98. The van der Waals surface area contributed by atoms with Crippen LogP contribution in [0.2, 0.25) is 0 Å². The Kier molecular flexibility index (Phi) is 4.07. The van der Waals surface area contributed by atoms with Crippen LogP contribution in [0.1, 0.15) is 5.56 Å². The summed E-state index contributed by atoms with van der Waals surface area (Å²) in [5.41, 5.74) is -0.674. The fraction of sp³-hybridized carbons (Fsp3) is 0.200. The van der Waals surface area contributed by atoms with Crippen LogP contribution >= 0.6 is 0 Å². The van der Waals surface area contributed by atoms with Gasteiger partial charge in [0.1, 0.15) is 5.82 Å². The fourth-order valence-corrected chi connectivity index (χ4v) is 1.17. The number of hydrogen-bond donors (Lipinski definition) is 1. The maximum absolute atomic E-state index is 13.2. The number of halogens is 2. The Morgan fingerprint density at radius 2 is 2.12 bits per heavy atom. The van der Waals surface area contributed by atoms with Crippen LogP contribution in [-0.2, 0) is 6.54 Å². The molecule has 6 heteroatoms. The van der Waals surface area contributed by atoms with Crippen molar-refractivity contribution in [2.75, 3.05) is 6.54 Å². The van der Waals surface area contributed by atoms with Crippen molar-refractivity contribution in [3.05, 3.63) is 52.1 Å². The zero-order valence-corrected chi connectivity index (χ0v) is 8.37. The van der Waals surface area contributed by atoms with Crippen molar-refractivity contribution in [3.63, 3.8) is 0 Å². The molecule has 1 aromatic rings. The van der Waals surface area contributed by atoms with Crippen LogP contribution in [0.4, 0.5) is 14.5 Å². The summed E-state index contributed by atoms with van der Waals surface area (Å²) in [5, 5.41) is 13.2. The van der Waals surface area contributed by atoms with Gasteiger partial charge in [-0.15, -0.1) is 6.58 Å². The molecule has 0 saturated heterocycles. The highest BCUT2D eigenvalue weighted by molar-refractivity contribution is 5.37. The van der Waals surface area contributed by atoms with E-state index in [-0.39, 0.29) is 12.1 Å². The van der Waals surface area contributed by atoms with Crippen LogP contribution in [0, 0.1) is 21.7 Å². The number of nitrogens with zero attached hydrogens (tertiary/aromatic N) is 1. The average Bonchev–Trinajstić information content (AvgIpc) is 2.21. The second-order valence-electron chi connectivity index (χ2n) is 3.07. The molecule has 0 aliphatic heterocycles. The standard InChI is InChI=1S/C10H10F2N2O2/c1-2-3-13-6-7-4-10(14(15)16)9(12)5-8(7)11/h2,4-5,13H,1,3,6H2. The van der Waals surface area contributed by atoms with Gasteiger partial charge < -0.3 is 5.32 Å². The van der Waals surface area contributed by atoms with Crippen molar-refractivity contribution < 1.29 is 13.7 Å². The van der Waals surface area contributed by atoms with Gasteiger partial charge in [-0.05, 0) is 0 Å². The van der Waals surface area contributed by atoms with Crippen LogP contribution in [0.5, 0.6) is 0 Å². The van der Waals surface area contributed by atoms with Gasteiger partial charge in [0.15, 0.2) is 0 Å². The van der Waals surface area contributed by atoms with E-state index < -0.39 is 22.2 Å². The van der Waals surface area contributed by atoms with E-state index in [1.807, 2.05) is 0 Å².